The first kappa shape index (κ1) is 36.1. The van der Waals surface area contributed by atoms with E-state index in [1.807, 2.05) is 36.5 Å². The molecular weight excluding hydrogens is 693 g/mol. The van der Waals surface area contributed by atoms with E-state index >= 15 is 0 Å². The molecule has 12 heteroatoms. The van der Waals surface area contributed by atoms with Gasteiger partial charge in [-0.05, 0) is 79.8 Å². The van der Waals surface area contributed by atoms with Crippen LogP contribution in [-0.2, 0) is 36.0 Å². The largest absolute Gasteiger partial charge is 0.358 e. The van der Waals surface area contributed by atoms with Gasteiger partial charge in [0.2, 0.25) is 11.8 Å². The van der Waals surface area contributed by atoms with Gasteiger partial charge in [0.1, 0.15) is 6.04 Å². The fraction of sp³-hybridized carbons (Fsp3) is 0.349. The number of para-hydroxylation sites is 1. The molecule has 55 heavy (non-hydrogen) atoms. The van der Waals surface area contributed by atoms with Crippen LogP contribution in [0.15, 0.2) is 77.9 Å². The number of piperidine rings is 1. The summed E-state index contributed by atoms with van der Waals surface area (Å²) in [5.41, 5.74) is 10.0. The lowest BCUT2D eigenvalue weighted by Crippen LogP contribution is -2.44. The number of rotatable bonds is 14. The molecule has 0 radical (unpaired) electrons. The molecule has 0 bridgehead atoms. The van der Waals surface area contributed by atoms with E-state index < -0.39 is 11.9 Å². The van der Waals surface area contributed by atoms with Crippen molar-refractivity contribution in [3.8, 4) is 22.5 Å². The van der Waals surface area contributed by atoms with E-state index in [1.54, 1.807) is 22.4 Å². The van der Waals surface area contributed by atoms with Gasteiger partial charge in [0.25, 0.3) is 5.91 Å². The van der Waals surface area contributed by atoms with Crippen LogP contribution in [0.5, 0.6) is 0 Å². The van der Waals surface area contributed by atoms with Crippen LogP contribution in [0.3, 0.4) is 0 Å². The summed E-state index contributed by atoms with van der Waals surface area (Å²) >= 11 is 0. The summed E-state index contributed by atoms with van der Waals surface area (Å²) in [6.07, 6.45) is 12.7. The van der Waals surface area contributed by atoms with Crippen LogP contribution in [0.2, 0.25) is 0 Å². The topological polar surface area (TPSA) is 156 Å². The van der Waals surface area contributed by atoms with Crippen molar-refractivity contribution in [3.05, 3.63) is 106 Å². The molecular formula is C43H46N8O4. The highest BCUT2D eigenvalue weighted by molar-refractivity contribution is 6.00. The first-order valence-corrected chi connectivity index (χ1v) is 19.4. The van der Waals surface area contributed by atoms with E-state index in [4.69, 9.17) is 4.98 Å². The van der Waals surface area contributed by atoms with E-state index in [9.17, 15) is 19.2 Å². The Balaban J connectivity index is 0.772. The lowest BCUT2D eigenvalue weighted by molar-refractivity contribution is -0.135. The van der Waals surface area contributed by atoms with Gasteiger partial charge in [0, 0.05) is 73.3 Å². The number of nitrogens with zero attached hydrogens (tertiary/aromatic N) is 4. The Kier molecular flexibility index (Phi) is 10.4. The number of unbranched alkanes of at least 4 members (excludes halogenated alkanes) is 5. The Labute approximate surface area is 318 Å². The normalized spacial score (nSPS) is 15.7. The number of fused-ring (bicyclic) bond motifs is 3. The second-order valence-corrected chi connectivity index (χ2v) is 14.8. The third-order valence-corrected chi connectivity index (χ3v) is 11.0. The first-order valence-electron chi connectivity index (χ1n) is 19.4. The molecule has 2 aromatic carbocycles. The summed E-state index contributed by atoms with van der Waals surface area (Å²) < 4.78 is 3.20. The minimum atomic E-state index is -0.665. The van der Waals surface area contributed by atoms with E-state index in [2.05, 4.69) is 56.3 Å². The summed E-state index contributed by atoms with van der Waals surface area (Å²) in [5.74, 6) is -0.725. The van der Waals surface area contributed by atoms with Gasteiger partial charge in [0.05, 0.1) is 27.8 Å². The SMILES string of the molecule is Cn1c(=O)n(C2CCC(=O)NC2=O)c2cccc(CCCCCCCCNCc3ccc4cc(-c5cc(-c6cc7c([nH]6)CCNC7=O)ccn5)cnc4c3)c21. The summed E-state index contributed by atoms with van der Waals surface area (Å²) in [6, 6.07) is 19.7. The monoisotopic (exact) mass is 738 g/mol. The molecule has 0 saturated carbocycles. The Morgan fingerprint density at radius 2 is 1.73 bits per heavy atom. The minimum absolute atomic E-state index is 0.0304. The number of pyridine rings is 2. The zero-order valence-electron chi connectivity index (χ0n) is 31.1. The first-order chi connectivity index (χ1) is 26.8. The number of aromatic amines is 1. The third-order valence-electron chi connectivity index (χ3n) is 11.0. The molecule has 1 saturated heterocycles. The molecule has 1 atom stereocenters. The van der Waals surface area contributed by atoms with Crippen LogP contribution in [0, 0.1) is 0 Å². The number of amides is 3. The van der Waals surface area contributed by atoms with Crippen molar-refractivity contribution in [2.75, 3.05) is 13.1 Å². The van der Waals surface area contributed by atoms with E-state index in [0.717, 1.165) is 107 Å². The molecule has 12 nitrogen and oxygen atoms in total. The summed E-state index contributed by atoms with van der Waals surface area (Å²) in [7, 11) is 1.76. The van der Waals surface area contributed by atoms with Crippen LogP contribution >= 0.6 is 0 Å². The number of hydrogen-bond acceptors (Lipinski definition) is 7. The van der Waals surface area contributed by atoms with E-state index in [-0.39, 0.29) is 23.9 Å². The summed E-state index contributed by atoms with van der Waals surface area (Å²) in [4.78, 5) is 62.5. The molecule has 6 aromatic rings. The Morgan fingerprint density at radius 1 is 0.873 bits per heavy atom. The molecule has 282 valence electrons. The fourth-order valence-corrected chi connectivity index (χ4v) is 8.08. The van der Waals surface area contributed by atoms with Crippen LogP contribution in [0.1, 0.15) is 84.6 Å². The van der Waals surface area contributed by atoms with Crippen molar-refractivity contribution in [1.29, 1.82) is 0 Å². The average molecular weight is 739 g/mol. The molecule has 4 aromatic heterocycles. The Morgan fingerprint density at radius 3 is 2.58 bits per heavy atom. The number of hydrogen-bond donors (Lipinski definition) is 4. The van der Waals surface area contributed by atoms with E-state index in [1.165, 1.54) is 18.4 Å². The highest BCUT2D eigenvalue weighted by Crippen LogP contribution is 2.29. The number of carbonyl (C=O) groups excluding carboxylic acids is 3. The zero-order valence-corrected chi connectivity index (χ0v) is 31.1. The van der Waals surface area contributed by atoms with Gasteiger partial charge < -0.3 is 15.6 Å². The molecule has 2 aliphatic rings. The molecule has 0 spiro atoms. The molecule has 8 rings (SSSR count). The van der Waals surface area contributed by atoms with Gasteiger partial charge in [-0.1, -0.05) is 49.9 Å². The molecule has 2 aliphatic heterocycles. The number of benzene rings is 2. The van der Waals surface area contributed by atoms with Crippen LogP contribution in [0.25, 0.3) is 44.5 Å². The van der Waals surface area contributed by atoms with E-state index in [0.29, 0.717) is 18.5 Å². The van der Waals surface area contributed by atoms with Crippen molar-refractivity contribution < 1.29 is 14.4 Å². The number of imidazole rings is 1. The highest BCUT2D eigenvalue weighted by atomic mass is 16.2. The summed E-state index contributed by atoms with van der Waals surface area (Å²) in [5, 5.41) is 9.94. The van der Waals surface area contributed by atoms with Crippen molar-refractivity contribution >= 4 is 39.7 Å². The molecule has 4 N–H and O–H groups in total. The molecule has 6 heterocycles. The number of carbonyl (C=O) groups is 3. The van der Waals surface area contributed by atoms with Crippen LogP contribution in [0.4, 0.5) is 0 Å². The zero-order chi connectivity index (χ0) is 37.9. The lowest BCUT2D eigenvalue weighted by atomic mass is 10.0. The van der Waals surface area contributed by atoms with Crippen LogP contribution in [-0.4, -0.2) is 54.9 Å². The number of imide groups is 1. The summed E-state index contributed by atoms with van der Waals surface area (Å²) in [6.45, 7) is 2.40. The fourth-order valence-electron chi connectivity index (χ4n) is 8.08. The average Bonchev–Trinajstić information content (AvgIpc) is 3.75. The Hall–Kier alpha value is -5.88. The van der Waals surface area contributed by atoms with Gasteiger partial charge in [0.15, 0.2) is 0 Å². The second-order valence-electron chi connectivity index (χ2n) is 14.8. The molecule has 1 unspecified atom stereocenters. The maximum atomic E-state index is 13.2. The number of H-pyrrole nitrogens is 1. The predicted octanol–water partition coefficient (Wildman–Crippen LogP) is 5.88. The van der Waals surface area contributed by atoms with Gasteiger partial charge in [-0.3, -0.25) is 38.8 Å². The smallest absolute Gasteiger partial charge is 0.329 e. The minimum Gasteiger partial charge on any atom is -0.358 e. The predicted molar refractivity (Wildman–Crippen MR) is 213 cm³/mol. The van der Waals surface area contributed by atoms with Crippen molar-refractivity contribution in [2.45, 2.75) is 76.8 Å². The Bertz CT molecular complexity index is 2480. The molecule has 0 aliphatic carbocycles. The van der Waals surface area contributed by atoms with Gasteiger partial charge in [-0.15, -0.1) is 0 Å². The van der Waals surface area contributed by atoms with Gasteiger partial charge in [-0.25, -0.2) is 4.79 Å². The number of aromatic nitrogens is 5. The third kappa shape index (κ3) is 7.59. The van der Waals surface area contributed by atoms with Gasteiger partial charge in [-0.2, -0.15) is 0 Å². The quantitative estimate of drug-likeness (QED) is 0.0804. The maximum absolute atomic E-state index is 13.2. The van der Waals surface area contributed by atoms with Crippen LogP contribution < -0.4 is 21.6 Å². The molecule has 3 amide bonds. The van der Waals surface area contributed by atoms with Crippen molar-refractivity contribution in [2.24, 2.45) is 7.05 Å². The maximum Gasteiger partial charge on any atom is 0.329 e. The van der Waals surface area contributed by atoms with Gasteiger partial charge >= 0.3 is 5.69 Å². The van der Waals surface area contributed by atoms with Crippen molar-refractivity contribution in [1.82, 2.24) is 40.0 Å². The lowest BCUT2D eigenvalue weighted by Gasteiger charge is -2.21. The van der Waals surface area contributed by atoms with Crippen molar-refractivity contribution in [3.63, 3.8) is 0 Å². The second kappa shape index (κ2) is 15.8. The highest BCUT2D eigenvalue weighted by Gasteiger charge is 2.31. The number of nitrogens with one attached hydrogen (secondary N) is 4. The molecule has 1 fully saturated rings. The standard InChI is InChI=1S/C43H46N8O4/c1-50-40-28(10-8-11-37(40)51(43(50)55)38-14-15-39(52)49-42(38)54)9-6-4-2-3-5-7-18-44-25-27-12-13-29-22-31(26-47-34(29)21-27)35-23-30(16-19-45-35)36-24-32-33(48-36)17-20-46-41(32)53/h8,10-13,16,19,21-24,26,38,44,48H,2-7,9,14-15,17-18,20,25H2,1H3,(H,46,53)(H,49,52,54). The number of aryl methyl sites for hydroxylation is 2.